The predicted octanol–water partition coefficient (Wildman–Crippen LogP) is 2.40. The summed E-state index contributed by atoms with van der Waals surface area (Å²) in [5.41, 5.74) is 1.30. The van der Waals surface area contributed by atoms with E-state index in [1.54, 1.807) is 24.4 Å². The number of piperidine rings is 1. The van der Waals surface area contributed by atoms with Crippen LogP contribution in [0.4, 0.5) is 0 Å². The third-order valence-corrected chi connectivity index (χ3v) is 4.88. The van der Waals surface area contributed by atoms with Gasteiger partial charge in [-0.3, -0.25) is 9.78 Å². The summed E-state index contributed by atoms with van der Waals surface area (Å²) in [6.45, 7) is 1.45. The van der Waals surface area contributed by atoms with E-state index in [1.165, 1.54) is 0 Å². The Balaban J connectivity index is 1.39. The molecule has 0 saturated carbocycles. The minimum absolute atomic E-state index is 0.0101. The van der Waals surface area contributed by atoms with Crippen molar-refractivity contribution in [2.45, 2.75) is 18.9 Å². The van der Waals surface area contributed by atoms with Gasteiger partial charge in [-0.15, -0.1) is 0 Å². The van der Waals surface area contributed by atoms with Crippen molar-refractivity contribution < 1.29 is 19.4 Å². The lowest BCUT2D eigenvalue weighted by Gasteiger charge is -2.34. The van der Waals surface area contributed by atoms with E-state index in [0.717, 1.165) is 12.8 Å². The normalized spacial score (nSPS) is 18.2. The largest absolute Gasteiger partial charge is 0.454 e. The molecule has 1 atom stereocenters. The van der Waals surface area contributed by atoms with Gasteiger partial charge >= 0.3 is 0 Å². The quantitative estimate of drug-likeness (QED) is 0.929. The lowest BCUT2D eigenvalue weighted by Crippen LogP contribution is -2.39. The minimum Gasteiger partial charge on any atom is -0.454 e. The summed E-state index contributed by atoms with van der Waals surface area (Å²) in [4.78, 5) is 18.8. The van der Waals surface area contributed by atoms with Crippen LogP contribution in [0.25, 0.3) is 0 Å². The highest BCUT2D eigenvalue weighted by molar-refractivity contribution is 5.95. The summed E-state index contributed by atoms with van der Waals surface area (Å²) in [6, 6.07) is 10.8. The number of rotatable bonds is 3. The second kappa shape index (κ2) is 6.72. The lowest BCUT2D eigenvalue weighted by molar-refractivity contribution is 0.0447. The zero-order valence-electron chi connectivity index (χ0n) is 13.8. The average molecular weight is 340 g/mol. The molecule has 6 nitrogen and oxygen atoms in total. The van der Waals surface area contributed by atoms with E-state index in [9.17, 15) is 9.90 Å². The molecule has 1 amide bonds. The van der Waals surface area contributed by atoms with Gasteiger partial charge in [0, 0.05) is 24.8 Å². The molecule has 0 bridgehead atoms. The van der Waals surface area contributed by atoms with Crippen LogP contribution in [0.3, 0.4) is 0 Å². The van der Waals surface area contributed by atoms with E-state index in [-0.39, 0.29) is 18.6 Å². The van der Waals surface area contributed by atoms with Crippen molar-refractivity contribution in [1.82, 2.24) is 9.88 Å². The minimum atomic E-state index is -0.580. The van der Waals surface area contributed by atoms with Crippen LogP contribution in [0.15, 0.2) is 42.6 Å². The van der Waals surface area contributed by atoms with Crippen molar-refractivity contribution in [3.05, 3.63) is 53.9 Å². The molecule has 0 radical (unpaired) electrons. The summed E-state index contributed by atoms with van der Waals surface area (Å²) in [7, 11) is 0. The molecule has 1 fully saturated rings. The smallest absolute Gasteiger partial charge is 0.253 e. The van der Waals surface area contributed by atoms with Crippen molar-refractivity contribution in [2.75, 3.05) is 19.9 Å². The number of aliphatic hydroxyl groups excluding tert-OH is 1. The van der Waals surface area contributed by atoms with E-state index in [2.05, 4.69) is 4.98 Å². The van der Waals surface area contributed by atoms with Crippen molar-refractivity contribution in [3.63, 3.8) is 0 Å². The highest BCUT2D eigenvalue weighted by Gasteiger charge is 2.29. The number of hydrogen-bond donors (Lipinski definition) is 1. The van der Waals surface area contributed by atoms with Crippen LogP contribution in [-0.4, -0.2) is 40.8 Å². The highest BCUT2D eigenvalue weighted by Crippen LogP contribution is 2.34. The standard InChI is InChI=1S/C19H20N2O4/c22-18(15-3-1-2-8-20-15)13-6-9-21(10-7-13)19(23)14-4-5-16-17(11-14)25-12-24-16/h1-5,8,11,13,18,22H,6-7,9-10,12H2/t18-/m0/s1. The molecule has 0 unspecified atom stereocenters. The van der Waals surface area contributed by atoms with Gasteiger partial charge in [0.05, 0.1) is 11.8 Å². The fourth-order valence-corrected chi connectivity index (χ4v) is 3.42. The SMILES string of the molecule is O=C(c1ccc2c(c1)OCO2)N1CCC([C@H](O)c2ccccn2)CC1. The Kier molecular flexibility index (Phi) is 4.28. The summed E-state index contributed by atoms with van der Waals surface area (Å²) >= 11 is 0. The van der Waals surface area contributed by atoms with E-state index < -0.39 is 6.10 Å². The van der Waals surface area contributed by atoms with Gasteiger partial charge < -0.3 is 19.5 Å². The number of pyridine rings is 1. The van der Waals surface area contributed by atoms with Gasteiger partial charge in [0.25, 0.3) is 5.91 Å². The number of fused-ring (bicyclic) bond motifs is 1. The summed E-state index contributed by atoms with van der Waals surface area (Å²) < 4.78 is 10.6. The predicted molar refractivity (Wildman–Crippen MR) is 90.4 cm³/mol. The first-order valence-electron chi connectivity index (χ1n) is 8.50. The number of carbonyl (C=O) groups excluding carboxylic acids is 1. The molecule has 3 heterocycles. The van der Waals surface area contributed by atoms with Gasteiger partial charge in [0.2, 0.25) is 6.79 Å². The summed E-state index contributed by atoms with van der Waals surface area (Å²) in [5, 5.41) is 10.5. The molecule has 2 aliphatic rings. The molecule has 1 N–H and O–H groups in total. The van der Waals surface area contributed by atoms with Gasteiger partial charge in [-0.1, -0.05) is 6.07 Å². The van der Waals surface area contributed by atoms with Crippen LogP contribution >= 0.6 is 0 Å². The van der Waals surface area contributed by atoms with Crippen LogP contribution < -0.4 is 9.47 Å². The van der Waals surface area contributed by atoms with E-state index in [4.69, 9.17) is 9.47 Å². The molecule has 0 spiro atoms. The van der Waals surface area contributed by atoms with Crippen molar-refractivity contribution in [3.8, 4) is 11.5 Å². The van der Waals surface area contributed by atoms with Crippen LogP contribution in [0, 0.1) is 5.92 Å². The number of aliphatic hydroxyl groups is 1. The molecule has 4 rings (SSSR count). The second-order valence-electron chi connectivity index (χ2n) is 6.40. The Morgan fingerprint density at radius 1 is 1.16 bits per heavy atom. The van der Waals surface area contributed by atoms with Gasteiger partial charge in [0.1, 0.15) is 0 Å². The Hall–Kier alpha value is -2.60. The number of benzene rings is 1. The van der Waals surface area contributed by atoms with Gasteiger partial charge in [-0.2, -0.15) is 0 Å². The maximum atomic E-state index is 12.7. The molecule has 2 aliphatic heterocycles. The molecule has 25 heavy (non-hydrogen) atoms. The van der Waals surface area contributed by atoms with Crippen molar-refractivity contribution in [2.24, 2.45) is 5.92 Å². The lowest BCUT2D eigenvalue weighted by atomic mass is 9.89. The fraction of sp³-hybridized carbons (Fsp3) is 0.368. The van der Waals surface area contributed by atoms with E-state index in [1.807, 2.05) is 23.1 Å². The fourth-order valence-electron chi connectivity index (χ4n) is 3.42. The maximum absolute atomic E-state index is 12.7. The molecule has 1 aromatic carbocycles. The Labute approximate surface area is 146 Å². The van der Waals surface area contributed by atoms with Gasteiger partial charge in [0.15, 0.2) is 11.5 Å². The third kappa shape index (κ3) is 3.17. The number of amides is 1. The topological polar surface area (TPSA) is 71.9 Å². The number of carbonyl (C=O) groups is 1. The Morgan fingerprint density at radius 3 is 2.72 bits per heavy atom. The molecule has 130 valence electrons. The van der Waals surface area contributed by atoms with Gasteiger partial charge in [-0.25, -0.2) is 0 Å². The number of ether oxygens (including phenoxy) is 2. The van der Waals surface area contributed by atoms with Crippen LogP contribution in [0.1, 0.15) is 35.0 Å². The van der Waals surface area contributed by atoms with Crippen molar-refractivity contribution in [1.29, 1.82) is 0 Å². The zero-order valence-corrected chi connectivity index (χ0v) is 13.8. The number of aromatic nitrogens is 1. The second-order valence-corrected chi connectivity index (χ2v) is 6.40. The van der Waals surface area contributed by atoms with Crippen LogP contribution in [-0.2, 0) is 0 Å². The van der Waals surface area contributed by atoms with Crippen molar-refractivity contribution >= 4 is 5.91 Å². The molecule has 1 saturated heterocycles. The highest BCUT2D eigenvalue weighted by atomic mass is 16.7. The third-order valence-electron chi connectivity index (χ3n) is 4.88. The Bertz CT molecular complexity index is 757. The first-order valence-corrected chi connectivity index (χ1v) is 8.50. The molecule has 2 aromatic rings. The molecular formula is C19H20N2O4. The van der Waals surface area contributed by atoms with Crippen LogP contribution in [0.5, 0.6) is 11.5 Å². The van der Waals surface area contributed by atoms with Gasteiger partial charge in [-0.05, 0) is 49.1 Å². The molecule has 0 aliphatic carbocycles. The number of hydrogen-bond acceptors (Lipinski definition) is 5. The first kappa shape index (κ1) is 15.9. The van der Waals surface area contributed by atoms with E-state index in [0.29, 0.717) is 35.8 Å². The Morgan fingerprint density at radius 2 is 1.96 bits per heavy atom. The molecule has 1 aromatic heterocycles. The zero-order chi connectivity index (χ0) is 17.2. The monoisotopic (exact) mass is 340 g/mol. The summed E-state index contributed by atoms with van der Waals surface area (Å²) in [5.74, 6) is 1.40. The first-order chi connectivity index (χ1) is 12.2. The molecular weight excluding hydrogens is 320 g/mol. The average Bonchev–Trinajstić information content (AvgIpc) is 3.15. The molecule has 6 heteroatoms. The maximum Gasteiger partial charge on any atom is 0.253 e. The van der Waals surface area contributed by atoms with Crippen LogP contribution in [0.2, 0.25) is 0 Å². The number of nitrogens with zero attached hydrogens (tertiary/aromatic N) is 2. The number of likely N-dealkylation sites (tertiary alicyclic amines) is 1. The summed E-state index contributed by atoms with van der Waals surface area (Å²) in [6.07, 6.45) is 2.63. The van der Waals surface area contributed by atoms with E-state index >= 15 is 0 Å².